The molecule has 1 aromatic carbocycles. The van der Waals surface area contributed by atoms with Crippen LogP contribution in [0.3, 0.4) is 0 Å². The van der Waals surface area contributed by atoms with Crippen molar-refractivity contribution in [2.24, 2.45) is 10.9 Å². The van der Waals surface area contributed by atoms with Crippen molar-refractivity contribution in [1.82, 2.24) is 10.6 Å². The topological polar surface area (TPSA) is 84.0 Å². The number of methoxy groups -OCH3 is 1. The molecule has 1 aromatic rings. The largest absolute Gasteiger partial charge is 0.495 e. The molecule has 0 radical (unpaired) electrons. The van der Waals surface area contributed by atoms with E-state index < -0.39 is 0 Å². The number of carbonyl (C=O) groups is 1. The number of nitrogens with one attached hydrogen (secondary N) is 3. The lowest BCUT2D eigenvalue weighted by atomic mass is 10.2. The predicted octanol–water partition coefficient (Wildman–Crippen LogP) is 3.00. The number of anilines is 1. The third-order valence-electron chi connectivity index (χ3n) is 3.47. The number of benzene rings is 1. The molecule has 0 fully saturated rings. The molecule has 0 aromatic heterocycles. The van der Waals surface area contributed by atoms with E-state index in [2.05, 4.69) is 34.8 Å². The van der Waals surface area contributed by atoms with E-state index in [0.717, 1.165) is 37.7 Å². The summed E-state index contributed by atoms with van der Waals surface area (Å²) in [6, 6.07) is 5.68. The monoisotopic (exact) mass is 492 g/mol. The highest BCUT2D eigenvalue weighted by Crippen LogP contribution is 2.25. The summed E-state index contributed by atoms with van der Waals surface area (Å²) in [6.07, 6.45) is 0.919. The smallest absolute Gasteiger partial charge is 0.221 e. The van der Waals surface area contributed by atoms with Crippen molar-refractivity contribution in [3.8, 4) is 5.75 Å². The fourth-order valence-electron chi connectivity index (χ4n) is 2.26. The molecule has 0 saturated carbocycles. The molecule has 8 heteroatoms. The minimum Gasteiger partial charge on any atom is -0.495 e. The minimum absolute atomic E-state index is 0. The fourth-order valence-corrected chi connectivity index (χ4v) is 2.26. The van der Waals surface area contributed by atoms with Gasteiger partial charge in [0.1, 0.15) is 5.75 Å². The lowest BCUT2D eigenvalue weighted by Crippen LogP contribution is -2.37. The van der Waals surface area contributed by atoms with Crippen molar-refractivity contribution in [2.75, 3.05) is 39.2 Å². The van der Waals surface area contributed by atoms with Crippen LogP contribution in [0.1, 0.15) is 32.8 Å². The molecule has 154 valence electrons. The highest BCUT2D eigenvalue weighted by atomic mass is 127. The molecule has 1 rings (SSSR count). The molecule has 0 atom stereocenters. The van der Waals surface area contributed by atoms with Crippen LogP contribution < -0.4 is 20.7 Å². The highest BCUT2D eigenvalue weighted by Gasteiger charge is 2.06. The van der Waals surface area contributed by atoms with E-state index in [-0.39, 0.29) is 29.9 Å². The Bertz CT molecular complexity index is 594. The first-order valence-electron chi connectivity index (χ1n) is 8.93. The van der Waals surface area contributed by atoms with Crippen LogP contribution in [0.25, 0.3) is 0 Å². The van der Waals surface area contributed by atoms with Crippen LogP contribution in [0.4, 0.5) is 5.69 Å². The molecule has 0 aliphatic heterocycles. The van der Waals surface area contributed by atoms with Gasteiger partial charge < -0.3 is 25.4 Å². The zero-order valence-electron chi connectivity index (χ0n) is 16.9. The summed E-state index contributed by atoms with van der Waals surface area (Å²) in [5.41, 5.74) is 1.67. The molecule has 0 aliphatic carbocycles. The molecule has 27 heavy (non-hydrogen) atoms. The van der Waals surface area contributed by atoms with E-state index in [1.807, 2.05) is 18.2 Å². The van der Waals surface area contributed by atoms with Gasteiger partial charge in [0.2, 0.25) is 5.91 Å². The van der Waals surface area contributed by atoms with E-state index in [0.29, 0.717) is 23.9 Å². The number of carbonyl (C=O) groups excluding carboxylic acids is 1. The normalized spacial score (nSPS) is 11.0. The first kappa shape index (κ1) is 25.4. The van der Waals surface area contributed by atoms with Crippen molar-refractivity contribution in [3.63, 3.8) is 0 Å². The van der Waals surface area contributed by atoms with Gasteiger partial charge in [0.15, 0.2) is 5.96 Å². The number of rotatable bonds is 10. The van der Waals surface area contributed by atoms with Gasteiger partial charge in [0.25, 0.3) is 0 Å². The lowest BCUT2D eigenvalue weighted by molar-refractivity contribution is -0.114. The van der Waals surface area contributed by atoms with Crippen LogP contribution >= 0.6 is 24.0 Å². The quantitative estimate of drug-likeness (QED) is 0.203. The van der Waals surface area contributed by atoms with Gasteiger partial charge in [-0.05, 0) is 30.0 Å². The predicted molar refractivity (Wildman–Crippen MR) is 121 cm³/mol. The lowest BCUT2D eigenvalue weighted by Gasteiger charge is -2.14. The summed E-state index contributed by atoms with van der Waals surface area (Å²) in [6.45, 7) is 8.65. The maximum absolute atomic E-state index is 11.3. The van der Waals surface area contributed by atoms with Gasteiger partial charge in [0, 0.05) is 40.3 Å². The summed E-state index contributed by atoms with van der Waals surface area (Å²) in [5, 5.41) is 9.30. The van der Waals surface area contributed by atoms with Crippen molar-refractivity contribution >= 4 is 41.5 Å². The summed E-state index contributed by atoms with van der Waals surface area (Å²) in [7, 11) is 3.32. The number of ether oxygens (including phenoxy) is 2. The molecule has 3 N–H and O–H groups in total. The Morgan fingerprint density at radius 1 is 1.26 bits per heavy atom. The van der Waals surface area contributed by atoms with Crippen LogP contribution in [0.2, 0.25) is 0 Å². The number of hydrogen-bond acceptors (Lipinski definition) is 4. The van der Waals surface area contributed by atoms with Crippen LogP contribution in [-0.2, 0) is 16.1 Å². The van der Waals surface area contributed by atoms with Crippen molar-refractivity contribution < 1.29 is 14.3 Å². The van der Waals surface area contributed by atoms with Crippen LogP contribution in [0.15, 0.2) is 23.2 Å². The average Bonchev–Trinajstić information content (AvgIpc) is 2.60. The Morgan fingerprint density at radius 3 is 2.59 bits per heavy atom. The van der Waals surface area contributed by atoms with E-state index >= 15 is 0 Å². The molecule has 1 amide bonds. The Labute approximate surface area is 179 Å². The van der Waals surface area contributed by atoms with Crippen molar-refractivity contribution in [3.05, 3.63) is 23.8 Å². The van der Waals surface area contributed by atoms with Crippen LogP contribution in [0.5, 0.6) is 5.75 Å². The second kappa shape index (κ2) is 14.5. The maximum atomic E-state index is 11.3. The Hall–Kier alpha value is -1.55. The van der Waals surface area contributed by atoms with E-state index in [4.69, 9.17) is 9.47 Å². The van der Waals surface area contributed by atoms with Gasteiger partial charge in [-0.3, -0.25) is 9.79 Å². The van der Waals surface area contributed by atoms with Crippen molar-refractivity contribution in [2.45, 2.75) is 33.7 Å². The van der Waals surface area contributed by atoms with Crippen LogP contribution in [-0.4, -0.2) is 45.8 Å². The Morgan fingerprint density at radius 2 is 2.00 bits per heavy atom. The van der Waals surface area contributed by atoms with E-state index in [1.54, 1.807) is 14.2 Å². The zero-order valence-corrected chi connectivity index (χ0v) is 19.3. The third kappa shape index (κ3) is 11.0. The standard InChI is InChI=1S/C19H32N4O3.HI/c1-14(2)13-26-10-6-9-21-19(20-4)22-12-16-7-8-18(25-5)17(11-16)23-15(3)24;/h7-8,11,14H,6,9-10,12-13H2,1-5H3,(H,23,24)(H2,20,21,22);1H. The molecule has 7 nitrogen and oxygen atoms in total. The molecule has 0 spiro atoms. The molecule has 0 saturated heterocycles. The number of amides is 1. The SMILES string of the molecule is CN=C(NCCCOCC(C)C)NCc1ccc(OC)c(NC(C)=O)c1.I. The first-order valence-corrected chi connectivity index (χ1v) is 8.93. The van der Waals surface area contributed by atoms with Crippen LogP contribution in [0, 0.1) is 5.92 Å². The Kier molecular flexibility index (Phi) is 13.7. The first-order chi connectivity index (χ1) is 12.5. The van der Waals surface area contributed by atoms with Gasteiger partial charge in [-0.15, -0.1) is 24.0 Å². The van der Waals surface area contributed by atoms with E-state index in [1.165, 1.54) is 6.92 Å². The average molecular weight is 492 g/mol. The Balaban J connectivity index is 0.00000676. The molecule has 0 heterocycles. The van der Waals surface area contributed by atoms with Gasteiger partial charge >= 0.3 is 0 Å². The molecular weight excluding hydrogens is 459 g/mol. The molecule has 0 bridgehead atoms. The van der Waals surface area contributed by atoms with Gasteiger partial charge in [0.05, 0.1) is 12.8 Å². The van der Waals surface area contributed by atoms with Crippen molar-refractivity contribution in [1.29, 1.82) is 0 Å². The molecule has 0 aliphatic rings. The highest BCUT2D eigenvalue weighted by molar-refractivity contribution is 14.0. The summed E-state index contributed by atoms with van der Waals surface area (Å²) in [5.74, 6) is 1.79. The molecule has 0 unspecified atom stereocenters. The number of nitrogens with zero attached hydrogens (tertiary/aromatic N) is 1. The second-order valence-corrected chi connectivity index (χ2v) is 6.39. The van der Waals surface area contributed by atoms with Gasteiger partial charge in [-0.25, -0.2) is 0 Å². The third-order valence-corrected chi connectivity index (χ3v) is 3.47. The summed E-state index contributed by atoms with van der Waals surface area (Å²) >= 11 is 0. The zero-order chi connectivity index (χ0) is 19.4. The maximum Gasteiger partial charge on any atom is 0.221 e. The minimum atomic E-state index is -0.134. The van der Waals surface area contributed by atoms with Gasteiger partial charge in [-0.1, -0.05) is 19.9 Å². The molecular formula is C19H33IN4O3. The fraction of sp³-hybridized carbons (Fsp3) is 0.579. The number of aliphatic imine (C=N–C) groups is 1. The number of halogens is 1. The van der Waals surface area contributed by atoms with Gasteiger partial charge in [-0.2, -0.15) is 0 Å². The summed E-state index contributed by atoms with van der Waals surface area (Å²) in [4.78, 5) is 15.5. The number of guanidine groups is 1. The second-order valence-electron chi connectivity index (χ2n) is 6.39. The summed E-state index contributed by atoms with van der Waals surface area (Å²) < 4.78 is 10.8. The van der Waals surface area contributed by atoms with E-state index in [9.17, 15) is 4.79 Å². The number of hydrogen-bond donors (Lipinski definition) is 3.